The van der Waals surface area contributed by atoms with Gasteiger partial charge in [-0.1, -0.05) is 41.4 Å². The lowest BCUT2D eigenvalue weighted by Crippen LogP contribution is -1.87. The number of benzene rings is 3. The van der Waals surface area contributed by atoms with Gasteiger partial charge in [0, 0.05) is 16.1 Å². The van der Waals surface area contributed by atoms with Crippen molar-refractivity contribution >= 4 is 23.2 Å². The molecule has 0 aliphatic heterocycles. The summed E-state index contributed by atoms with van der Waals surface area (Å²) in [7, 11) is 0. The molecule has 0 radical (unpaired) electrons. The second kappa shape index (κ2) is 6.73. The molecule has 0 bridgehead atoms. The van der Waals surface area contributed by atoms with Crippen molar-refractivity contribution in [3.8, 4) is 23.0 Å². The molecule has 0 saturated heterocycles. The average molecular weight is 331 g/mol. The Hall–Kier alpha value is -2.16. The lowest BCUT2D eigenvalue weighted by Gasteiger charge is -2.09. The first-order valence-corrected chi connectivity index (χ1v) is 7.41. The van der Waals surface area contributed by atoms with Crippen LogP contribution in [0.3, 0.4) is 0 Å². The second-order valence-electron chi connectivity index (χ2n) is 4.59. The predicted molar refractivity (Wildman–Crippen MR) is 89.5 cm³/mol. The van der Waals surface area contributed by atoms with Crippen LogP contribution in [-0.4, -0.2) is 0 Å². The summed E-state index contributed by atoms with van der Waals surface area (Å²) in [6.45, 7) is 0. The summed E-state index contributed by atoms with van der Waals surface area (Å²) in [5, 5.41) is 1.26. The highest BCUT2D eigenvalue weighted by atomic mass is 35.5. The first-order valence-electron chi connectivity index (χ1n) is 6.66. The third kappa shape index (κ3) is 3.94. The van der Waals surface area contributed by atoms with Gasteiger partial charge >= 0.3 is 0 Å². The maximum Gasteiger partial charge on any atom is 0.131 e. The molecule has 3 aromatic carbocycles. The molecular weight excluding hydrogens is 319 g/mol. The van der Waals surface area contributed by atoms with Gasteiger partial charge in [-0.2, -0.15) is 0 Å². The van der Waals surface area contributed by atoms with Gasteiger partial charge in [0.05, 0.1) is 0 Å². The van der Waals surface area contributed by atoms with Crippen molar-refractivity contribution in [2.75, 3.05) is 0 Å². The molecule has 0 heterocycles. The molecule has 0 saturated carbocycles. The van der Waals surface area contributed by atoms with E-state index in [4.69, 9.17) is 32.7 Å². The van der Waals surface area contributed by atoms with E-state index in [-0.39, 0.29) is 0 Å². The average Bonchev–Trinajstić information content (AvgIpc) is 2.47. The highest BCUT2D eigenvalue weighted by Gasteiger charge is 2.02. The Labute approximate surface area is 138 Å². The van der Waals surface area contributed by atoms with Crippen LogP contribution < -0.4 is 9.47 Å². The summed E-state index contributed by atoms with van der Waals surface area (Å²) in [6.07, 6.45) is 0. The molecule has 0 N–H and O–H groups in total. The normalized spacial score (nSPS) is 10.3. The quantitative estimate of drug-likeness (QED) is 0.538. The largest absolute Gasteiger partial charge is 0.457 e. The monoisotopic (exact) mass is 330 g/mol. The third-order valence-electron chi connectivity index (χ3n) is 2.87. The van der Waals surface area contributed by atoms with Gasteiger partial charge in [0.15, 0.2) is 0 Å². The zero-order valence-corrected chi connectivity index (χ0v) is 13.0. The van der Waals surface area contributed by atoms with Gasteiger partial charge < -0.3 is 9.47 Å². The topological polar surface area (TPSA) is 18.5 Å². The summed E-state index contributed by atoms with van der Waals surface area (Å²) < 4.78 is 11.5. The van der Waals surface area contributed by atoms with Crippen LogP contribution in [-0.2, 0) is 0 Å². The van der Waals surface area contributed by atoms with Gasteiger partial charge in [-0.05, 0) is 48.5 Å². The molecule has 0 fully saturated rings. The standard InChI is InChI=1S/C18H12Cl2O2/c19-13-4-1-6-15(10-13)21-17-8-3-9-18(12-17)22-16-7-2-5-14(20)11-16/h1-12H. The smallest absolute Gasteiger partial charge is 0.131 e. The number of hydrogen-bond donors (Lipinski definition) is 0. The first kappa shape index (κ1) is 14.8. The molecule has 3 aromatic rings. The fourth-order valence-corrected chi connectivity index (χ4v) is 2.29. The summed E-state index contributed by atoms with van der Waals surface area (Å²) in [6, 6.07) is 21.8. The van der Waals surface area contributed by atoms with Crippen molar-refractivity contribution in [3.63, 3.8) is 0 Å². The van der Waals surface area contributed by atoms with Crippen LogP contribution in [0.1, 0.15) is 0 Å². The van der Waals surface area contributed by atoms with Gasteiger partial charge in [-0.15, -0.1) is 0 Å². The van der Waals surface area contributed by atoms with E-state index in [2.05, 4.69) is 0 Å². The minimum Gasteiger partial charge on any atom is -0.457 e. The van der Waals surface area contributed by atoms with Crippen molar-refractivity contribution in [1.29, 1.82) is 0 Å². The molecular formula is C18H12Cl2O2. The van der Waals surface area contributed by atoms with E-state index in [0.717, 1.165) is 0 Å². The van der Waals surface area contributed by atoms with E-state index in [1.165, 1.54) is 0 Å². The molecule has 0 aliphatic rings. The number of hydrogen-bond acceptors (Lipinski definition) is 2. The van der Waals surface area contributed by atoms with Crippen LogP contribution in [0.25, 0.3) is 0 Å². The van der Waals surface area contributed by atoms with Crippen LogP contribution >= 0.6 is 23.2 Å². The van der Waals surface area contributed by atoms with Crippen molar-refractivity contribution in [3.05, 3.63) is 82.8 Å². The van der Waals surface area contributed by atoms with Gasteiger partial charge in [-0.25, -0.2) is 0 Å². The van der Waals surface area contributed by atoms with Gasteiger partial charge in [0.25, 0.3) is 0 Å². The Kier molecular flexibility index (Phi) is 4.52. The molecule has 0 spiro atoms. The van der Waals surface area contributed by atoms with Crippen LogP contribution in [0.15, 0.2) is 72.8 Å². The number of halogens is 2. The van der Waals surface area contributed by atoms with E-state index in [9.17, 15) is 0 Å². The summed E-state index contributed by atoms with van der Waals surface area (Å²) >= 11 is 11.9. The molecule has 0 atom stereocenters. The lowest BCUT2D eigenvalue weighted by molar-refractivity contribution is 0.460. The molecule has 0 amide bonds. The molecule has 0 aliphatic carbocycles. The van der Waals surface area contributed by atoms with Crippen molar-refractivity contribution < 1.29 is 9.47 Å². The van der Waals surface area contributed by atoms with Gasteiger partial charge in [0.1, 0.15) is 23.0 Å². The van der Waals surface area contributed by atoms with Crippen LogP contribution in [0.4, 0.5) is 0 Å². The Morgan fingerprint density at radius 2 is 0.864 bits per heavy atom. The van der Waals surface area contributed by atoms with Crippen molar-refractivity contribution in [1.82, 2.24) is 0 Å². The summed E-state index contributed by atoms with van der Waals surface area (Å²) in [5.41, 5.74) is 0. The van der Waals surface area contributed by atoms with E-state index in [1.807, 2.05) is 48.5 Å². The predicted octanol–water partition coefficient (Wildman–Crippen LogP) is 6.58. The van der Waals surface area contributed by atoms with Crippen LogP contribution in [0, 0.1) is 0 Å². The third-order valence-corrected chi connectivity index (χ3v) is 3.34. The maximum absolute atomic E-state index is 5.95. The van der Waals surface area contributed by atoms with Crippen molar-refractivity contribution in [2.45, 2.75) is 0 Å². The fourth-order valence-electron chi connectivity index (χ4n) is 1.93. The van der Waals surface area contributed by atoms with E-state index < -0.39 is 0 Å². The number of ether oxygens (including phenoxy) is 2. The number of rotatable bonds is 4. The van der Waals surface area contributed by atoms with Crippen LogP contribution in [0.5, 0.6) is 23.0 Å². The zero-order chi connectivity index (χ0) is 15.4. The Morgan fingerprint density at radius 1 is 0.500 bits per heavy atom. The molecule has 2 nitrogen and oxygen atoms in total. The minimum absolute atomic E-state index is 0.629. The first-order chi connectivity index (χ1) is 10.7. The Balaban J connectivity index is 1.78. The molecule has 0 unspecified atom stereocenters. The maximum atomic E-state index is 5.95. The van der Waals surface area contributed by atoms with Crippen molar-refractivity contribution in [2.24, 2.45) is 0 Å². The Bertz CT molecular complexity index is 725. The Morgan fingerprint density at radius 3 is 1.27 bits per heavy atom. The van der Waals surface area contributed by atoms with E-state index in [1.54, 1.807) is 24.3 Å². The second-order valence-corrected chi connectivity index (χ2v) is 5.47. The van der Waals surface area contributed by atoms with E-state index in [0.29, 0.717) is 33.0 Å². The van der Waals surface area contributed by atoms with Gasteiger partial charge in [0.2, 0.25) is 0 Å². The molecule has 22 heavy (non-hydrogen) atoms. The van der Waals surface area contributed by atoms with Crippen LogP contribution in [0.2, 0.25) is 10.0 Å². The molecule has 4 heteroatoms. The highest BCUT2D eigenvalue weighted by molar-refractivity contribution is 6.31. The molecule has 3 rings (SSSR count). The fraction of sp³-hybridized carbons (Fsp3) is 0. The zero-order valence-electron chi connectivity index (χ0n) is 11.5. The summed E-state index contributed by atoms with van der Waals surface area (Å²) in [4.78, 5) is 0. The molecule has 0 aromatic heterocycles. The molecule has 110 valence electrons. The SMILES string of the molecule is Clc1cccc(Oc2cccc(Oc3cccc(Cl)c3)c2)c1. The highest BCUT2D eigenvalue weighted by Crippen LogP contribution is 2.30. The minimum atomic E-state index is 0.629. The van der Waals surface area contributed by atoms with E-state index >= 15 is 0 Å². The summed E-state index contributed by atoms with van der Waals surface area (Å²) in [5.74, 6) is 2.68. The lowest BCUT2D eigenvalue weighted by atomic mass is 10.3. The van der Waals surface area contributed by atoms with Gasteiger partial charge in [-0.3, -0.25) is 0 Å².